The molecule has 2 N–H and O–H groups in total. The minimum absolute atomic E-state index is 0.0970. The lowest BCUT2D eigenvalue weighted by molar-refractivity contribution is -0.128. The van der Waals surface area contributed by atoms with Crippen LogP contribution in [-0.2, 0) is 16.8 Å². The SMILES string of the molecule is CC(C)=NOc1cnc(C(=O)Cc2ccnc(C3(C)CC(=O)N(C)C(N)=N3)c2)cn1. The number of guanidine groups is 1. The predicted molar refractivity (Wildman–Crippen MR) is 110 cm³/mol. The Hall–Kier alpha value is -3.69. The largest absolute Gasteiger partial charge is 0.369 e. The third kappa shape index (κ3) is 4.65. The maximum atomic E-state index is 12.6. The predicted octanol–water partition coefficient (Wildman–Crippen LogP) is 1.46. The molecule has 0 spiro atoms. The normalized spacial score (nSPS) is 18.6. The van der Waals surface area contributed by atoms with E-state index in [1.54, 1.807) is 46.1 Å². The van der Waals surface area contributed by atoms with E-state index in [0.717, 1.165) is 11.3 Å². The van der Waals surface area contributed by atoms with Crippen LogP contribution in [0.1, 0.15) is 48.9 Å². The molecule has 3 rings (SSSR count). The molecule has 10 nitrogen and oxygen atoms in total. The molecule has 1 unspecified atom stereocenters. The van der Waals surface area contributed by atoms with Gasteiger partial charge in [0, 0.05) is 19.7 Å². The van der Waals surface area contributed by atoms with Gasteiger partial charge in [-0.1, -0.05) is 5.16 Å². The van der Waals surface area contributed by atoms with Crippen LogP contribution in [0.5, 0.6) is 5.88 Å². The number of Topliss-reactive ketones (excluding diaryl/α,β-unsaturated/α-hetero) is 1. The van der Waals surface area contributed by atoms with Gasteiger partial charge in [0.15, 0.2) is 11.7 Å². The number of hydrogen-bond donors (Lipinski definition) is 1. The average molecular weight is 409 g/mol. The smallest absolute Gasteiger partial charge is 0.267 e. The van der Waals surface area contributed by atoms with E-state index in [4.69, 9.17) is 10.6 Å². The van der Waals surface area contributed by atoms with Gasteiger partial charge in [0.25, 0.3) is 5.88 Å². The number of hydrogen-bond acceptors (Lipinski definition) is 9. The molecule has 0 fully saturated rings. The zero-order valence-corrected chi connectivity index (χ0v) is 17.3. The number of rotatable bonds is 6. The zero-order valence-electron chi connectivity index (χ0n) is 17.3. The Morgan fingerprint density at radius 2 is 2.07 bits per heavy atom. The maximum Gasteiger partial charge on any atom is 0.267 e. The van der Waals surface area contributed by atoms with Gasteiger partial charge in [0.05, 0.1) is 30.2 Å². The van der Waals surface area contributed by atoms with Crippen LogP contribution in [0, 0.1) is 0 Å². The van der Waals surface area contributed by atoms with Crippen molar-refractivity contribution in [3.05, 3.63) is 47.7 Å². The lowest BCUT2D eigenvalue weighted by Crippen LogP contribution is -2.47. The van der Waals surface area contributed by atoms with E-state index in [1.807, 2.05) is 0 Å². The molecule has 3 heterocycles. The fourth-order valence-electron chi connectivity index (χ4n) is 2.86. The van der Waals surface area contributed by atoms with Crippen LogP contribution in [0.3, 0.4) is 0 Å². The standard InChI is InChI=1S/C20H23N7O3/c1-12(2)26-30-17-11-23-14(10-24-17)15(28)7-13-5-6-22-16(8-13)20(3)9-18(29)27(4)19(21)25-20/h5-6,8,10-11H,7,9H2,1-4H3,(H2,21,25). The molecule has 1 aliphatic heterocycles. The summed E-state index contributed by atoms with van der Waals surface area (Å²) in [5.41, 5.74) is 7.21. The molecule has 0 saturated carbocycles. The van der Waals surface area contributed by atoms with Crippen molar-refractivity contribution in [1.82, 2.24) is 19.9 Å². The summed E-state index contributed by atoms with van der Waals surface area (Å²) >= 11 is 0. The van der Waals surface area contributed by atoms with Gasteiger partial charge in [-0.15, -0.1) is 0 Å². The Balaban J connectivity index is 1.76. The van der Waals surface area contributed by atoms with Crippen molar-refractivity contribution in [2.24, 2.45) is 15.9 Å². The maximum absolute atomic E-state index is 12.6. The molecular formula is C20H23N7O3. The van der Waals surface area contributed by atoms with E-state index < -0.39 is 5.54 Å². The quantitative estimate of drug-likeness (QED) is 0.433. The number of oxime groups is 1. The third-order valence-corrected chi connectivity index (χ3v) is 4.55. The van der Waals surface area contributed by atoms with Gasteiger partial charge >= 0.3 is 0 Å². The molecule has 30 heavy (non-hydrogen) atoms. The number of carbonyl (C=O) groups is 2. The van der Waals surface area contributed by atoms with Crippen LogP contribution in [0.25, 0.3) is 0 Å². The van der Waals surface area contributed by atoms with Crippen LogP contribution in [-0.4, -0.2) is 50.3 Å². The molecule has 1 amide bonds. The highest BCUT2D eigenvalue weighted by molar-refractivity contribution is 5.98. The summed E-state index contributed by atoms with van der Waals surface area (Å²) in [6.45, 7) is 5.37. The van der Waals surface area contributed by atoms with Crippen molar-refractivity contribution in [2.75, 3.05) is 7.05 Å². The second-order valence-electron chi connectivity index (χ2n) is 7.39. The van der Waals surface area contributed by atoms with Crippen LogP contribution in [0.2, 0.25) is 0 Å². The minimum Gasteiger partial charge on any atom is -0.369 e. The second kappa shape index (κ2) is 8.36. The molecule has 2 aromatic heterocycles. The highest BCUT2D eigenvalue weighted by atomic mass is 16.6. The summed E-state index contributed by atoms with van der Waals surface area (Å²) in [6.07, 6.45) is 4.52. The molecule has 0 radical (unpaired) electrons. The van der Waals surface area contributed by atoms with E-state index in [9.17, 15) is 9.59 Å². The first-order chi connectivity index (χ1) is 14.2. The second-order valence-corrected chi connectivity index (χ2v) is 7.39. The molecular weight excluding hydrogens is 386 g/mol. The number of nitrogens with zero attached hydrogens (tertiary/aromatic N) is 6. The summed E-state index contributed by atoms with van der Waals surface area (Å²) in [5, 5.41) is 3.79. The fraction of sp³-hybridized carbons (Fsp3) is 0.350. The Labute approximate surface area is 173 Å². The molecule has 1 atom stereocenters. The number of pyridine rings is 1. The van der Waals surface area contributed by atoms with E-state index in [2.05, 4.69) is 25.1 Å². The zero-order chi connectivity index (χ0) is 21.9. The number of aliphatic imine (C=N–C) groups is 1. The van der Waals surface area contributed by atoms with Gasteiger partial charge in [-0.25, -0.2) is 15.0 Å². The van der Waals surface area contributed by atoms with E-state index >= 15 is 0 Å². The number of nitrogens with two attached hydrogens (primary N) is 1. The van der Waals surface area contributed by atoms with Crippen molar-refractivity contribution < 1.29 is 14.4 Å². The van der Waals surface area contributed by atoms with E-state index in [0.29, 0.717) is 5.69 Å². The number of ketones is 1. The van der Waals surface area contributed by atoms with E-state index in [1.165, 1.54) is 17.3 Å². The minimum atomic E-state index is -0.885. The first-order valence-corrected chi connectivity index (χ1v) is 9.29. The molecule has 2 aromatic rings. The first kappa shape index (κ1) is 21.0. The third-order valence-electron chi connectivity index (χ3n) is 4.55. The molecule has 0 saturated heterocycles. The van der Waals surface area contributed by atoms with Crippen molar-refractivity contribution in [2.45, 2.75) is 39.2 Å². The van der Waals surface area contributed by atoms with Crippen LogP contribution < -0.4 is 10.6 Å². The van der Waals surface area contributed by atoms with Crippen molar-refractivity contribution in [3.63, 3.8) is 0 Å². The van der Waals surface area contributed by atoms with Gasteiger partial charge in [0.2, 0.25) is 5.91 Å². The highest BCUT2D eigenvalue weighted by Gasteiger charge is 2.37. The number of aromatic nitrogens is 3. The Morgan fingerprint density at radius 3 is 2.70 bits per heavy atom. The Morgan fingerprint density at radius 1 is 1.30 bits per heavy atom. The monoisotopic (exact) mass is 409 g/mol. The van der Waals surface area contributed by atoms with Gasteiger partial charge < -0.3 is 10.6 Å². The highest BCUT2D eigenvalue weighted by Crippen LogP contribution is 2.31. The summed E-state index contributed by atoms with van der Waals surface area (Å²) in [4.78, 5) is 48.1. The topological polar surface area (TPSA) is 136 Å². The average Bonchev–Trinajstić information content (AvgIpc) is 2.71. The summed E-state index contributed by atoms with van der Waals surface area (Å²) in [7, 11) is 1.58. The lowest BCUT2D eigenvalue weighted by atomic mass is 9.90. The summed E-state index contributed by atoms with van der Waals surface area (Å²) < 4.78 is 0. The Bertz CT molecular complexity index is 1030. The van der Waals surface area contributed by atoms with Crippen LogP contribution in [0.4, 0.5) is 0 Å². The van der Waals surface area contributed by atoms with Gasteiger partial charge in [-0.3, -0.25) is 19.5 Å². The van der Waals surface area contributed by atoms with Gasteiger partial charge in [0.1, 0.15) is 11.2 Å². The lowest BCUT2D eigenvalue weighted by Gasteiger charge is -2.32. The molecule has 1 aliphatic rings. The molecule has 0 aromatic carbocycles. The van der Waals surface area contributed by atoms with E-state index in [-0.39, 0.29) is 42.1 Å². The first-order valence-electron chi connectivity index (χ1n) is 9.29. The van der Waals surface area contributed by atoms with Crippen molar-refractivity contribution >= 4 is 23.4 Å². The molecule has 0 bridgehead atoms. The molecule has 156 valence electrons. The fourth-order valence-corrected chi connectivity index (χ4v) is 2.86. The number of carbonyl (C=O) groups excluding carboxylic acids is 2. The Kier molecular flexibility index (Phi) is 5.86. The van der Waals surface area contributed by atoms with Gasteiger partial charge in [-0.2, -0.15) is 0 Å². The van der Waals surface area contributed by atoms with Crippen molar-refractivity contribution in [3.8, 4) is 5.88 Å². The molecule has 0 aliphatic carbocycles. The summed E-state index contributed by atoms with van der Waals surface area (Å²) in [5.74, 6) is -0.0195. The van der Waals surface area contributed by atoms with Crippen LogP contribution in [0.15, 0.2) is 40.9 Å². The summed E-state index contributed by atoms with van der Waals surface area (Å²) in [6, 6.07) is 3.50. The van der Waals surface area contributed by atoms with Crippen LogP contribution >= 0.6 is 0 Å². The van der Waals surface area contributed by atoms with Crippen molar-refractivity contribution in [1.29, 1.82) is 0 Å². The molecule has 10 heteroatoms. The number of amides is 1. The van der Waals surface area contributed by atoms with Gasteiger partial charge in [-0.05, 0) is 38.5 Å².